The highest BCUT2D eigenvalue weighted by atomic mass is 32.2. The number of hydrogen-bond donors (Lipinski definition) is 1. The number of carboxylic acid groups (broad SMARTS) is 1. The topological polar surface area (TPSA) is 50.2 Å². The predicted molar refractivity (Wildman–Crippen MR) is 128 cm³/mol. The molecule has 0 fully saturated rings. The summed E-state index contributed by atoms with van der Waals surface area (Å²) in [5.74, 6) is 0.275. The summed E-state index contributed by atoms with van der Waals surface area (Å²) in [6, 6.07) is 11.3. The molecule has 0 aliphatic heterocycles. The molecule has 3 rings (SSSR count). The van der Waals surface area contributed by atoms with E-state index in [-0.39, 0.29) is 12.3 Å². The molecule has 0 bridgehead atoms. The Morgan fingerprint density at radius 3 is 2.39 bits per heavy atom. The van der Waals surface area contributed by atoms with E-state index < -0.39 is 17.7 Å². The second kappa shape index (κ2) is 10.7. The van der Waals surface area contributed by atoms with E-state index in [9.17, 15) is 18.0 Å². The number of nitrogens with zero attached hydrogens (tertiary/aromatic N) is 1. The Hall–Kier alpha value is -2.32. The maximum Gasteiger partial charge on any atom is 0.416 e. The molecule has 0 amide bonds. The first-order valence-corrected chi connectivity index (χ1v) is 12.5. The monoisotopic (exact) mass is 493 g/mol. The van der Waals surface area contributed by atoms with Gasteiger partial charge in [-0.3, -0.25) is 4.79 Å². The van der Waals surface area contributed by atoms with Crippen LogP contribution in [0.25, 0.3) is 10.6 Å². The molecule has 1 N–H and O–H groups in total. The van der Waals surface area contributed by atoms with Crippen LogP contribution >= 0.6 is 23.1 Å². The van der Waals surface area contributed by atoms with Gasteiger partial charge >= 0.3 is 12.1 Å². The second-order valence-corrected chi connectivity index (χ2v) is 10.4. The van der Waals surface area contributed by atoms with E-state index in [4.69, 9.17) is 10.1 Å². The van der Waals surface area contributed by atoms with E-state index in [1.165, 1.54) is 12.1 Å². The largest absolute Gasteiger partial charge is 0.481 e. The molecule has 0 spiro atoms. The highest BCUT2D eigenvalue weighted by Crippen LogP contribution is 2.35. The number of rotatable bonds is 9. The fraction of sp³-hybridized carbons (Fsp3) is 0.360. The van der Waals surface area contributed by atoms with Gasteiger partial charge in [-0.15, -0.1) is 23.1 Å². The number of carbonyl (C=O) groups is 1. The minimum atomic E-state index is -4.35. The van der Waals surface area contributed by atoms with Gasteiger partial charge in [0, 0.05) is 27.5 Å². The van der Waals surface area contributed by atoms with Gasteiger partial charge in [-0.2, -0.15) is 13.2 Å². The molecule has 33 heavy (non-hydrogen) atoms. The Bertz CT molecular complexity index is 1110. The van der Waals surface area contributed by atoms with E-state index >= 15 is 0 Å². The van der Waals surface area contributed by atoms with Crippen LogP contribution in [0.4, 0.5) is 13.2 Å². The summed E-state index contributed by atoms with van der Waals surface area (Å²) in [5.41, 5.74) is 3.17. The molecule has 0 saturated heterocycles. The fourth-order valence-corrected chi connectivity index (χ4v) is 5.78. The minimum absolute atomic E-state index is 0.123. The SMILES string of the molecule is Cc1cc(SCCc2sc(-c3ccc(C(F)(F)F)cc3)nc2C(C)C)ccc1CCC(=O)O. The molecule has 0 aliphatic carbocycles. The third-order valence-corrected chi connectivity index (χ3v) is 7.43. The van der Waals surface area contributed by atoms with Crippen LogP contribution in [0, 0.1) is 6.92 Å². The average Bonchev–Trinajstić information content (AvgIpc) is 3.17. The second-order valence-electron chi connectivity index (χ2n) is 8.14. The number of halogens is 3. The number of thioether (sulfide) groups is 1. The summed E-state index contributed by atoms with van der Waals surface area (Å²) in [5, 5.41) is 9.61. The van der Waals surface area contributed by atoms with Crippen molar-refractivity contribution >= 4 is 29.1 Å². The maximum atomic E-state index is 12.9. The molecule has 1 heterocycles. The minimum Gasteiger partial charge on any atom is -0.481 e. The van der Waals surface area contributed by atoms with Gasteiger partial charge in [0.1, 0.15) is 5.01 Å². The molecule has 0 unspecified atom stereocenters. The van der Waals surface area contributed by atoms with Crippen LogP contribution in [0.1, 0.15) is 53.4 Å². The highest BCUT2D eigenvalue weighted by molar-refractivity contribution is 7.99. The lowest BCUT2D eigenvalue weighted by Crippen LogP contribution is -2.03. The van der Waals surface area contributed by atoms with Gasteiger partial charge < -0.3 is 5.11 Å². The highest BCUT2D eigenvalue weighted by Gasteiger charge is 2.30. The fourth-order valence-electron chi connectivity index (χ4n) is 3.46. The standard InChI is InChI=1S/C25H26F3NO2S2/c1-15(2)23-21(33-24(29-23)18-4-8-19(9-5-18)25(26,27)28)12-13-32-20-10-6-17(16(3)14-20)7-11-22(30)31/h4-6,8-10,14-15H,7,11-13H2,1-3H3,(H,30,31). The number of hydrogen-bond acceptors (Lipinski definition) is 4. The Balaban J connectivity index is 1.68. The quantitative estimate of drug-likeness (QED) is 0.312. The summed E-state index contributed by atoms with van der Waals surface area (Å²) in [7, 11) is 0. The summed E-state index contributed by atoms with van der Waals surface area (Å²) >= 11 is 3.27. The molecule has 3 aromatic rings. The van der Waals surface area contributed by atoms with Gasteiger partial charge in [0.15, 0.2) is 0 Å². The normalized spacial score (nSPS) is 11.8. The summed E-state index contributed by atoms with van der Waals surface area (Å²) in [6.45, 7) is 6.14. The van der Waals surface area contributed by atoms with Crippen LogP contribution in [0.15, 0.2) is 47.4 Å². The lowest BCUT2D eigenvalue weighted by molar-refractivity contribution is -0.138. The summed E-state index contributed by atoms with van der Waals surface area (Å²) in [6.07, 6.45) is -2.88. The zero-order chi connectivity index (χ0) is 24.2. The first-order chi connectivity index (χ1) is 15.5. The zero-order valence-corrected chi connectivity index (χ0v) is 20.3. The van der Waals surface area contributed by atoms with Crippen LogP contribution in [0.5, 0.6) is 0 Å². The van der Waals surface area contributed by atoms with Gasteiger partial charge in [0.05, 0.1) is 11.3 Å². The van der Waals surface area contributed by atoms with Crippen molar-refractivity contribution in [1.82, 2.24) is 4.98 Å². The van der Waals surface area contributed by atoms with Crippen molar-refractivity contribution in [3.8, 4) is 10.6 Å². The third-order valence-electron chi connectivity index (χ3n) is 5.25. The molecule has 0 saturated carbocycles. The maximum absolute atomic E-state index is 12.9. The first-order valence-electron chi connectivity index (χ1n) is 10.7. The van der Waals surface area contributed by atoms with E-state index in [0.717, 1.165) is 55.9 Å². The number of aromatic nitrogens is 1. The Morgan fingerprint density at radius 1 is 1.12 bits per heavy atom. The number of alkyl halides is 3. The van der Waals surface area contributed by atoms with Crippen molar-refractivity contribution in [2.24, 2.45) is 0 Å². The molecule has 2 aromatic carbocycles. The predicted octanol–water partition coefficient (Wildman–Crippen LogP) is 7.61. The number of carboxylic acids is 1. The molecular formula is C25H26F3NO2S2. The van der Waals surface area contributed by atoms with Crippen LogP contribution in [-0.2, 0) is 23.8 Å². The van der Waals surface area contributed by atoms with Gasteiger partial charge in [0.25, 0.3) is 0 Å². The summed E-state index contributed by atoms with van der Waals surface area (Å²) < 4.78 is 38.6. The smallest absolute Gasteiger partial charge is 0.416 e. The van der Waals surface area contributed by atoms with Crippen molar-refractivity contribution in [1.29, 1.82) is 0 Å². The zero-order valence-electron chi connectivity index (χ0n) is 18.7. The number of benzene rings is 2. The molecule has 1 aromatic heterocycles. The third kappa shape index (κ3) is 6.84. The number of aliphatic carboxylic acids is 1. The van der Waals surface area contributed by atoms with Crippen LogP contribution in [0.3, 0.4) is 0 Å². The molecule has 3 nitrogen and oxygen atoms in total. The lowest BCUT2D eigenvalue weighted by atomic mass is 10.0. The van der Waals surface area contributed by atoms with Gasteiger partial charge in [-0.05, 0) is 61.1 Å². The molecular weight excluding hydrogens is 467 g/mol. The number of aryl methyl sites for hydroxylation is 3. The van der Waals surface area contributed by atoms with Crippen LogP contribution in [0.2, 0.25) is 0 Å². The van der Waals surface area contributed by atoms with E-state index in [1.807, 2.05) is 19.1 Å². The van der Waals surface area contributed by atoms with Crippen molar-refractivity contribution in [2.75, 3.05) is 5.75 Å². The van der Waals surface area contributed by atoms with E-state index in [1.54, 1.807) is 23.1 Å². The molecule has 0 aliphatic rings. The molecule has 176 valence electrons. The van der Waals surface area contributed by atoms with Gasteiger partial charge in [0.2, 0.25) is 0 Å². The molecule has 8 heteroatoms. The molecule has 0 atom stereocenters. The lowest BCUT2D eigenvalue weighted by Gasteiger charge is -2.08. The van der Waals surface area contributed by atoms with Crippen LogP contribution in [-0.4, -0.2) is 21.8 Å². The Morgan fingerprint density at radius 2 is 1.82 bits per heavy atom. The van der Waals surface area contributed by atoms with Crippen molar-refractivity contribution in [2.45, 2.75) is 57.0 Å². The van der Waals surface area contributed by atoms with E-state index in [0.29, 0.717) is 12.0 Å². The Kier molecular flexibility index (Phi) is 8.23. The van der Waals surface area contributed by atoms with Crippen LogP contribution < -0.4 is 0 Å². The van der Waals surface area contributed by atoms with Gasteiger partial charge in [-0.1, -0.05) is 32.0 Å². The van der Waals surface area contributed by atoms with E-state index in [2.05, 4.69) is 19.9 Å². The average molecular weight is 494 g/mol. The first kappa shape index (κ1) is 25.3. The van der Waals surface area contributed by atoms with Crippen molar-refractivity contribution < 1.29 is 23.1 Å². The number of thiazole rings is 1. The van der Waals surface area contributed by atoms with Gasteiger partial charge in [-0.25, -0.2) is 4.98 Å². The molecule has 0 radical (unpaired) electrons. The summed E-state index contributed by atoms with van der Waals surface area (Å²) in [4.78, 5) is 17.8. The van der Waals surface area contributed by atoms with Crippen molar-refractivity contribution in [3.63, 3.8) is 0 Å². The Labute approximate surface area is 200 Å². The van der Waals surface area contributed by atoms with Crippen molar-refractivity contribution in [3.05, 3.63) is 69.7 Å².